The maximum absolute atomic E-state index is 4.04. The van der Waals surface area contributed by atoms with E-state index in [0.717, 1.165) is 0 Å². The van der Waals surface area contributed by atoms with Crippen molar-refractivity contribution < 1.29 is 0 Å². The molecule has 0 unspecified atom stereocenters. The summed E-state index contributed by atoms with van der Waals surface area (Å²) in [7, 11) is 0. The number of aryl methyl sites for hydroxylation is 1. The fraction of sp³-hybridized carbons (Fsp3) is 0.100. The summed E-state index contributed by atoms with van der Waals surface area (Å²) in [5.41, 5.74) is 4.40. The molecule has 0 atom stereocenters. The van der Waals surface area contributed by atoms with Crippen LogP contribution in [0.25, 0.3) is 10.4 Å². The third-order valence-electron chi connectivity index (χ3n) is 1.77. The molecule has 1 heterocycles. The van der Waals surface area contributed by atoms with Gasteiger partial charge in [0.05, 0.1) is 10.4 Å². The van der Waals surface area contributed by atoms with Gasteiger partial charge in [0.2, 0.25) is 0 Å². The molecule has 0 aliphatic carbocycles. The van der Waals surface area contributed by atoms with E-state index >= 15 is 0 Å². The number of thiazole rings is 1. The molecule has 0 saturated carbocycles. The standard InChI is InChI=1S/C10H9NS/c1-8-2-4-9(5-3-8)10-6-11-7-12-10/h2-7H,1H3. The summed E-state index contributed by atoms with van der Waals surface area (Å²) in [4.78, 5) is 5.27. The van der Waals surface area contributed by atoms with Crippen molar-refractivity contribution in [1.29, 1.82) is 0 Å². The topological polar surface area (TPSA) is 12.9 Å². The Morgan fingerprint density at radius 1 is 1.17 bits per heavy atom. The largest absolute Gasteiger partial charge is 0.252 e. The van der Waals surface area contributed by atoms with Crippen LogP contribution in [-0.2, 0) is 0 Å². The Kier molecular flexibility index (Phi) is 1.92. The highest BCUT2D eigenvalue weighted by Gasteiger charge is 1.96. The predicted octanol–water partition coefficient (Wildman–Crippen LogP) is 3.12. The van der Waals surface area contributed by atoms with Crippen LogP contribution in [0.5, 0.6) is 0 Å². The van der Waals surface area contributed by atoms with Crippen LogP contribution in [0.2, 0.25) is 0 Å². The first-order valence-corrected chi connectivity index (χ1v) is 4.70. The van der Waals surface area contributed by atoms with Crippen LogP contribution in [0, 0.1) is 6.92 Å². The van der Waals surface area contributed by atoms with Gasteiger partial charge in [-0.15, -0.1) is 11.3 Å². The zero-order chi connectivity index (χ0) is 8.39. The van der Waals surface area contributed by atoms with Crippen LogP contribution in [0.15, 0.2) is 36.0 Å². The minimum atomic E-state index is 1.23. The summed E-state index contributed by atoms with van der Waals surface area (Å²) in [5, 5.41) is 0. The van der Waals surface area contributed by atoms with Gasteiger partial charge in [-0.1, -0.05) is 29.8 Å². The maximum Gasteiger partial charge on any atom is 0.0797 e. The Bertz CT molecular complexity index is 348. The van der Waals surface area contributed by atoms with Gasteiger partial charge in [0.1, 0.15) is 0 Å². The van der Waals surface area contributed by atoms with Gasteiger partial charge in [-0.2, -0.15) is 0 Å². The van der Waals surface area contributed by atoms with E-state index in [1.807, 2.05) is 11.7 Å². The van der Waals surface area contributed by atoms with Gasteiger partial charge in [-0.05, 0) is 12.5 Å². The molecule has 2 aromatic rings. The van der Waals surface area contributed by atoms with E-state index in [4.69, 9.17) is 0 Å². The van der Waals surface area contributed by atoms with Gasteiger partial charge in [0, 0.05) is 6.20 Å². The van der Waals surface area contributed by atoms with Gasteiger partial charge in [-0.3, -0.25) is 4.98 Å². The maximum atomic E-state index is 4.04. The Balaban J connectivity index is 2.43. The van der Waals surface area contributed by atoms with Crippen LogP contribution < -0.4 is 0 Å². The molecule has 1 aromatic heterocycles. The van der Waals surface area contributed by atoms with Crippen molar-refractivity contribution in [2.45, 2.75) is 6.92 Å². The Hall–Kier alpha value is -1.15. The Labute approximate surface area is 75.7 Å². The molecule has 2 heteroatoms. The van der Waals surface area contributed by atoms with Crippen molar-refractivity contribution in [3.05, 3.63) is 41.5 Å². The molecular weight excluding hydrogens is 166 g/mol. The van der Waals surface area contributed by atoms with E-state index in [2.05, 4.69) is 36.2 Å². The van der Waals surface area contributed by atoms with E-state index < -0.39 is 0 Å². The molecule has 0 radical (unpaired) electrons. The number of aromatic nitrogens is 1. The molecule has 1 aromatic carbocycles. The molecule has 60 valence electrons. The summed E-state index contributed by atoms with van der Waals surface area (Å²) in [6.07, 6.45) is 1.90. The van der Waals surface area contributed by atoms with Gasteiger partial charge < -0.3 is 0 Å². The number of hydrogen-bond donors (Lipinski definition) is 0. The molecule has 0 fully saturated rings. The second-order valence-electron chi connectivity index (χ2n) is 2.73. The SMILES string of the molecule is Cc1ccc(-c2cncs2)cc1. The number of nitrogens with zero attached hydrogens (tertiary/aromatic N) is 1. The van der Waals surface area contributed by atoms with Crippen molar-refractivity contribution >= 4 is 11.3 Å². The second-order valence-corrected chi connectivity index (χ2v) is 3.62. The quantitative estimate of drug-likeness (QED) is 0.649. The molecule has 0 aliphatic heterocycles. The summed E-state index contributed by atoms with van der Waals surface area (Å²) in [6, 6.07) is 8.50. The predicted molar refractivity (Wildman–Crippen MR) is 52.3 cm³/mol. The number of benzene rings is 1. The summed E-state index contributed by atoms with van der Waals surface area (Å²) in [6.45, 7) is 2.09. The lowest BCUT2D eigenvalue weighted by Crippen LogP contribution is -1.73. The third-order valence-corrected chi connectivity index (χ3v) is 2.59. The molecule has 0 spiro atoms. The van der Waals surface area contributed by atoms with Gasteiger partial charge in [-0.25, -0.2) is 0 Å². The van der Waals surface area contributed by atoms with E-state index in [-0.39, 0.29) is 0 Å². The molecule has 0 bridgehead atoms. The highest BCUT2D eigenvalue weighted by Crippen LogP contribution is 2.22. The minimum absolute atomic E-state index is 1.23. The lowest BCUT2D eigenvalue weighted by molar-refractivity contribution is 1.42. The second kappa shape index (κ2) is 3.07. The zero-order valence-electron chi connectivity index (χ0n) is 6.82. The fourth-order valence-corrected chi connectivity index (χ4v) is 1.71. The van der Waals surface area contributed by atoms with Crippen molar-refractivity contribution in [3.63, 3.8) is 0 Å². The minimum Gasteiger partial charge on any atom is -0.252 e. The summed E-state index contributed by atoms with van der Waals surface area (Å²) in [5.74, 6) is 0. The smallest absolute Gasteiger partial charge is 0.0797 e. The number of hydrogen-bond acceptors (Lipinski definition) is 2. The lowest BCUT2D eigenvalue weighted by atomic mass is 10.1. The molecule has 0 N–H and O–H groups in total. The van der Waals surface area contributed by atoms with Crippen molar-refractivity contribution in [2.24, 2.45) is 0 Å². The van der Waals surface area contributed by atoms with Gasteiger partial charge in [0.25, 0.3) is 0 Å². The van der Waals surface area contributed by atoms with Crippen LogP contribution in [0.3, 0.4) is 0 Å². The van der Waals surface area contributed by atoms with Crippen molar-refractivity contribution in [3.8, 4) is 10.4 Å². The molecule has 1 nitrogen and oxygen atoms in total. The first-order chi connectivity index (χ1) is 5.86. The monoisotopic (exact) mass is 175 g/mol. The van der Waals surface area contributed by atoms with Gasteiger partial charge >= 0.3 is 0 Å². The van der Waals surface area contributed by atoms with Crippen LogP contribution in [0.1, 0.15) is 5.56 Å². The molecule has 2 rings (SSSR count). The highest BCUT2D eigenvalue weighted by atomic mass is 32.1. The van der Waals surface area contributed by atoms with E-state index in [1.54, 1.807) is 11.3 Å². The number of rotatable bonds is 1. The van der Waals surface area contributed by atoms with Crippen LogP contribution >= 0.6 is 11.3 Å². The fourth-order valence-electron chi connectivity index (χ4n) is 1.08. The lowest BCUT2D eigenvalue weighted by Gasteiger charge is -1.95. The molecule has 0 amide bonds. The molecule has 0 saturated heterocycles. The normalized spacial score (nSPS) is 10.1. The average molecular weight is 175 g/mol. The summed E-state index contributed by atoms with van der Waals surface area (Å²) < 4.78 is 0. The van der Waals surface area contributed by atoms with E-state index in [0.29, 0.717) is 0 Å². The average Bonchev–Trinajstić information content (AvgIpc) is 2.58. The van der Waals surface area contributed by atoms with Gasteiger partial charge in [0.15, 0.2) is 0 Å². The first kappa shape index (κ1) is 7.50. The first-order valence-electron chi connectivity index (χ1n) is 3.82. The molecule has 12 heavy (non-hydrogen) atoms. The van der Waals surface area contributed by atoms with E-state index in [9.17, 15) is 0 Å². The van der Waals surface area contributed by atoms with E-state index in [1.165, 1.54) is 16.0 Å². The van der Waals surface area contributed by atoms with Crippen molar-refractivity contribution in [2.75, 3.05) is 0 Å². The Morgan fingerprint density at radius 3 is 2.50 bits per heavy atom. The van der Waals surface area contributed by atoms with Crippen molar-refractivity contribution in [1.82, 2.24) is 4.98 Å². The highest BCUT2D eigenvalue weighted by molar-refractivity contribution is 7.13. The third kappa shape index (κ3) is 1.38. The zero-order valence-corrected chi connectivity index (χ0v) is 7.64. The van der Waals surface area contributed by atoms with Crippen LogP contribution in [0.4, 0.5) is 0 Å². The van der Waals surface area contributed by atoms with Crippen LogP contribution in [-0.4, -0.2) is 4.98 Å². The molecule has 0 aliphatic rings. The Morgan fingerprint density at radius 2 is 1.92 bits per heavy atom. The molecular formula is C10H9NS. The summed E-state index contributed by atoms with van der Waals surface area (Å²) >= 11 is 1.67.